The molecule has 2 aromatic rings. The highest BCUT2D eigenvalue weighted by atomic mass is 19.1. The van der Waals surface area contributed by atoms with E-state index in [1.807, 2.05) is 6.92 Å². The van der Waals surface area contributed by atoms with Crippen molar-refractivity contribution in [1.82, 2.24) is 4.98 Å². The van der Waals surface area contributed by atoms with Crippen molar-refractivity contribution in [3.8, 4) is 0 Å². The van der Waals surface area contributed by atoms with Crippen molar-refractivity contribution < 1.29 is 14.3 Å². The molecule has 20 heavy (non-hydrogen) atoms. The van der Waals surface area contributed by atoms with Crippen LogP contribution in [0.25, 0.3) is 0 Å². The Morgan fingerprint density at radius 1 is 1.35 bits per heavy atom. The number of benzene rings is 1. The van der Waals surface area contributed by atoms with Crippen molar-refractivity contribution in [1.29, 1.82) is 0 Å². The second-order valence-corrected chi connectivity index (χ2v) is 4.34. The van der Waals surface area contributed by atoms with Gasteiger partial charge in [0.25, 0.3) is 0 Å². The molecule has 1 atom stereocenters. The number of rotatable bonds is 4. The lowest BCUT2D eigenvalue weighted by molar-refractivity contribution is 0.0698. The number of aromatic carboxylic acids is 1. The van der Waals surface area contributed by atoms with E-state index >= 15 is 0 Å². The number of nitrogen functional groups attached to an aromatic ring is 1. The Kier molecular flexibility index (Phi) is 3.84. The van der Waals surface area contributed by atoms with Crippen molar-refractivity contribution in [2.75, 3.05) is 11.1 Å². The molecule has 104 valence electrons. The van der Waals surface area contributed by atoms with Gasteiger partial charge in [0.2, 0.25) is 0 Å². The monoisotopic (exact) mass is 275 g/mol. The summed E-state index contributed by atoms with van der Waals surface area (Å²) >= 11 is 0. The van der Waals surface area contributed by atoms with Crippen LogP contribution in [-0.2, 0) is 0 Å². The first-order valence-corrected chi connectivity index (χ1v) is 5.99. The molecule has 0 spiro atoms. The summed E-state index contributed by atoms with van der Waals surface area (Å²) in [6.07, 6.45) is 1.37. The Bertz CT molecular complexity index is 629. The zero-order valence-electron chi connectivity index (χ0n) is 10.8. The quantitative estimate of drug-likeness (QED) is 0.798. The highest BCUT2D eigenvalue weighted by Gasteiger charge is 2.14. The van der Waals surface area contributed by atoms with E-state index in [4.69, 9.17) is 10.8 Å². The van der Waals surface area contributed by atoms with Crippen LogP contribution in [-0.4, -0.2) is 16.1 Å². The third-order valence-electron chi connectivity index (χ3n) is 2.94. The average Bonchev–Trinajstić information content (AvgIpc) is 2.41. The van der Waals surface area contributed by atoms with Crippen LogP contribution in [0, 0.1) is 5.82 Å². The third kappa shape index (κ3) is 2.85. The standard InChI is InChI=1S/C14H14FN3O2/c1-8(9-2-4-10(15)5-3-9)18-13-12(16)11(14(19)20)6-7-17-13/h2-8H,16H2,1H3,(H,17,18)(H,19,20). The SMILES string of the molecule is CC(Nc1nccc(C(=O)O)c1N)c1ccc(F)cc1. The van der Waals surface area contributed by atoms with Gasteiger partial charge in [-0.05, 0) is 30.7 Å². The number of carboxylic acid groups (broad SMARTS) is 1. The number of carbonyl (C=O) groups is 1. The van der Waals surface area contributed by atoms with E-state index < -0.39 is 5.97 Å². The van der Waals surface area contributed by atoms with E-state index in [0.717, 1.165) is 5.56 Å². The molecule has 0 saturated heterocycles. The number of nitrogens with two attached hydrogens (primary N) is 1. The van der Waals surface area contributed by atoms with Gasteiger partial charge < -0.3 is 16.2 Å². The molecule has 2 rings (SSSR count). The number of carboxylic acids is 1. The van der Waals surface area contributed by atoms with Gasteiger partial charge in [0.05, 0.1) is 17.3 Å². The molecule has 1 unspecified atom stereocenters. The number of halogens is 1. The first kappa shape index (κ1) is 13.8. The fraction of sp³-hybridized carbons (Fsp3) is 0.143. The van der Waals surface area contributed by atoms with Crippen LogP contribution in [0.15, 0.2) is 36.5 Å². The van der Waals surface area contributed by atoms with Gasteiger partial charge in [-0.15, -0.1) is 0 Å². The smallest absolute Gasteiger partial charge is 0.337 e. The molecule has 0 saturated carbocycles. The largest absolute Gasteiger partial charge is 0.478 e. The maximum atomic E-state index is 12.9. The molecule has 0 fully saturated rings. The van der Waals surface area contributed by atoms with Crippen LogP contribution in [0.1, 0.15) is 28.9 Å². The van der Waals surface area contributed by atoms with E-state index in [1.54, 1.807) is 12.1 Å². The highest BCUT2D eigenvalue weighted by Crippen LogP contribution is 2.24. The maximum Gasteiger partial charge on any atom is 0.337 e. The molecule has 0 aliphatic carbocycles. The Morgan fingerprint density at radius 3 is 2.60 bits per heavy atom. The van der Waals surface area contributed by atoms with Gasteiger partial charge in [0.1, 0.15) is 5.82 Å². The van der Waals surface area contributed by atoms with Gasteiger partial charge in [0, 0.05) is 6.20 Å². The van der Waals surface area contributed by atoms with Gasteiger partial charge >= 0.3 is 5.97 Å². The maximum absolute atomic E-state index is 12.9. The molecule has 6 heteroatoms. The van der Waals surface area contributed by atoms with Gasteiger partial charge in [0.15, 0.2) is 5.82 Å². The van der Waals surface area contributed by atoms with E-state index in [2.05, 4.69) is 10.3 Å². The molecular weight excluding hydrogens is 261 g/mol. The van der Waals surface area contributed by atoms with Gasteiger partial charge in [-0.1, -0.05) is 12.1 Å². The van der Waals surface area contributed by atoms with Crippen LogP contribution in [0.5, 0.6) is 0 Å². The first-order chi connectivity index (χ1) is 9.49. The van der Waals surface area contributed by atoms with Gasteiger partial charge in [-0.25, -0.2) is 14.2 Å². The van der Waals surface area contributed by atoms with E-state index in [-0.39, 0.29) is 23.1 Å². The summed E-state index contributed by atoms with van der Waals surface area (Å²) in [6.45, 7) is 1.85. The lowest BCUT2D eigenvalue weighted by Crippen LogP contribution is -2.12. The minimum Gasteiger partial charge on any atom is -0.478 e. The Labute approximate surface area is 115 Å². The van der Waals surface area contributed by atoms with Crippen molar-refractivity contribution in [2.24, 2.45) is 0 Å². The fourth-order valence-corrected chi connectivity index (χ4v) is 1.81. The molecular formula is C14H14FN3O2. The molecule has 1 aromatic heterocycles. The first-order valence-electron chi connectivity index (χ1n) is 5.99. The van der Waals surface area contributed by atoms with Crippen LogP contribution in [0.4, 0.5) is 15.9 Å². The Hall–Kier alpha value is -2.63. The number of nitrogens with zero attached hydrogens (tertiary/aromatic N) is 1. The van der Waals surface area contributed by atoms with Gasteiger partial charge in [-0.2, -0.15) is 0 Å². The number of hydrogen-bond acceptors (Lipinski definition) is 4. The highest BCUT2D eigenvalue weighted by molar-refractivity contribution is 5.96. The fourth-order valence-electron chi connectivity index (χ4n) is 1.81. The van der Waals surface area contributed by atoms with Crippen molar-refractivity contribution in [2.45, 2.75) is 13.0 Å². The molecule has 0 bridgehead atoms. The van der Waals surface area contributed by atoms with E-state index in [1.165, 1.54) is 24.4 Å². The second-order valence-electron chi connectivity index (χ2n) is 4.34. The Morgan fingerprint density at radius 2 is 2.00 bits per heavy atom. The van der Waals surface area contributed by atoms with Crippen LogP contribution in [0.2, 0.25) is 0 Å². The van der Waals surface area contributed by atoms with E-state index in [9.17, 15) is 9.18 Å². The predicted octanol–water partition coefficient (Wildman–Crippen LogP) is 2.67. The number of pyridine rings is 1. The normalized spacial score (nSPS) is 11.9. The summed E-state index contributed by atoms with van der Waals surface area (Å²) in [4.78, 5) is 15.0. The summed E-state index contributed by atoms with van der Waals surface area (Å²) in [5, 5.41) is 12.0. The minimum atomic E-state index is -1.11. The van der Waals surface area contributed by atoms with Crippen LogP contribution in [0.3, 0.4) is 0 Å². The molecule has 0 amide bonds. The number of aromatic nitrogens is 1. The van der Waals surface area contributed by atoms with E-state index in [0.29, 0.717) is 5.82 Å². The molecule has 0 radical (unpaired) electrons. The zero-order valence-corrected chi connectivity index (χ0v) is 10.8. The van der Waals surface area contributed by atoms with Gasteiger partial charge in [-0.3, -0.25) is 0 Å². The molecule has 4 N–H and O–H groups in total. The van der Waals surface area contributed by atoms with Crippen LogP contribution >= 0.6 is 0 Å². The lowest BCUT2D eigenvalue weighted by atomic mass is 10.1. The summed E-state index contributed by atoms with van der Waals surface area (Å²) in [5.74, 6) is -1.13. The lowest BCUT2D eigenvalue weighted by Gasteiger charge is -2.17. The number of anilines is 2. The minimum absolute atomic E-state index is 0.00574. The van der Waals surface area contributed by atoms with Crippen molar-refractivity contribution >= 4 is 17.5 Å². The van der Waals surface area contributed by atoms with Crippen molar-refractivity contribution in [3.63, 3.8) is 0 Å². The molecule has 1 heterocycles. The molecule has 0 aliphatic rings. The predicted molar refractivity (Wildman–Crippen MR) is 74.0 cm³/mol. The zero-order chi connectivity index (χ0) is 14.7. The number of hydrogen-bond donors (Lipinski definition) is 3. The molecule has 0 aliphatic heterocycles. The summed E-state index contributed by atoms with van der Waals surface area (Å²) in [7, 11) is 0. The topological polar surface area (TPSA) is 88.2 Å². The Balaban J connectivity index is 2.23. The number of nitrogens with one attached hydrogen (secondary N) is 1. The molecule has 5 nitrogen and oxygen atoms in total. The second kappa shape index (κ2) is 5.56. The summed E-state index contributed by atoms with van der Waals surface area (Å²) in [5.41, 5.74) is 6.68. The average molecular weight is 275 g/mol. The van der Waals surface area contributed by atoms with Crippen molar-refractivity contribution in [3.05, 3.63) is 53.5 Å². The summed E-state index contributed by atoms with van der Waals surface area (Å²) < 4.78 is 12.9. The summed E-state index contributed by atoms with van der Waals surface area (Å²) in [6, 6.07) is 7.16. The molecule has 1 aromatic carbocycles. The third-order valence-corrected chi connectivity index (χ3v) is 2.94. The van der Waals surface area contributed by atoms with Crippen LogP contribution < -0.4 is 11.1 Å².